The molecule has 8 heteroatoms. The van der Waals surface area contributed by atoms with Crippen LogP contribution < -0.4 is 10.7 Å². The molecule has 4 rings (SSSR count). The summed E-state index contributed by atoms with van der Waals surface area (Å²) >= 11 is 1.47. The van der Waals surface area contributed by atoms with Crippen molar-refractivity contribution in [2.45, 2.75) is 38.3 Å². The quantitative estimate of drug-likeness (QED) is 0.492. The van der Waals surface area contributed by atoms with Gasteiger partial charge in [-0.15, -0.1) is 17.9 Å². The normalized spacial score (nSPS) is 13.6. The Balaban J connectivity index is 1.60. The van der Waals surface area contributed by atoms with E-state index in [2.05, 4.69) is 16.9 Å². The molecular weight excluding hydrogens is 448 g/mol. The van der Waals surface area contributed by atoms with E-state index in [0.717, 1.165) is 41.9 Å². The number of rotatable bonds is 8. The molecule has 1 fully saturated rings. The Morgan fingerprint density at radius 1 is 1.21 bits per heavy atom. The van der Waals surface area contributed by atoms with Crippen molar-refractivity contribution in [2.24, 2.45) is 0 Å². The largest absolute Gasteiger partial charge is 0.349 e. The van der Waals surface area contributed by atoms with Gasteiger partial charge in [0.15, 0.2) is 0 Å². The van der Waals surface area contributed by atoms with Crippen molar-refractivity contribution in [1.82, 2.24) is 19.8 Å². The van der Waals surface area contributed by atoms with Gasteiger partial charge in [0, 0.05) is 43.0 Å². The second kappa shape index (κ2) is 10.6. The molecular formula is C26H28N4O3S. The summed E-state index contributed by atoms with van der Waals surface area (Å²) in [7, 11) is 1.65. The summed E-state index contributed by atoms with van der Waals surface area (Å²) in [6.45, 7) is 4.11. The van der Waals surface area contributed by atoms with Gasteiger partial charge < -0.3 is 14.8 Å². The van der Waals surface area contributed by atoms with Crippen LogP contribution in [0.4, 0.5) is 0 Å². The van der Waals surface area contributed by atoms with Crippen LogP contribution in [0.2, 0.25) is 0 Å². The average molecular weight is 477 g/mol. The molecule has 0 atom stereocenters. The van der Waals surface area contributed by atoms with E-state index < -0.39 is 17.2 Å². The molecule has 1 saturated carbocycles. The zero-order valence-electron chi connectivity index (χ0n) is 19.2. The summed E-state index contributed by atoms with van der Waals surface area (Å²) in [6, 6.07) is 10.0. The van der Waals surface area contributed by atoms with E-state index in [1.165, 1.54) is 16.2 Å². The standard InChI is InChI=1S/C26H28N4O3S/c1-3-13-27-25(32)20-14-30(19-11-7-8-12-19)15-21(24(20)31)26(33)29(2)16-23-28-22(17-34-23)18-9-5-4-6-10-18/h3-6,9-10,14-15,17,19H,1,7-8,11-13,16H2,2H3,(H,27,32). The number of carbonyl (C=O) groups excluding carboxylic acids is 2. The second-order valence-electron chi connectivity index (χ2n) is 8.45. The first-order valence-electron chi connectivity index (χ1n) is 11.4. The van der Waals surface area contributed by atoms with Crippen LogP contribution in [0.25, 0.3) is 11.3 Å². The maximum Gasteiger partial charge on any atom is 0.259 e. The van der Waals surface area contributed by atoms with Crippen molar-refractivity contribution >= 4 is 23.2 Å². The smallest absolute Gasteiger partial charge is 0.259 e. The van der Waals surface area contributed by atoms with Gasteiger partial charge in [-0.05, 0) is 12.8 Å². The minimum absolute atomic E-state index is 0.000456. The first-order valence-corrected chi connectivity index (χ1v) is 12.3. The molecule has 0 saturated heterocycles. The predicted octanol–water partition coefficient (Wildman–Crippen LogP) is 4.27. The van der Waals surface area contributed by atoms with Crippen molar-refractivity contribution in [2.75, 3.05) is 13.6 Å². The second-order valence-corrected chi connectivity index (χ2v) is 9.40. The Morgan fingerprint density at radius 2 is 1.91 bits per heavy atom. The fraction of sp³-hybridized carbons (Fsp3) is 0.308. The highest BCUT2D eigenvalue weighted by Gasteiger charge is 2.25. The Morgan fingerprint density at radius 3 is 2.62 bits per heavy atom. The zero-order valence-corrected chi connectivity index (χ0v) is 20.0. The van der Waals surface area contributed by atoms with Crippen molar-refractivity contribution < 1.29 is 9.59 Å². The molecule has 2 amide bonds. The van der Waals surface area contributed by atoms with E-state index >= 15 is 0 Å². The fourth-order valence-electron chi connectivity index (χ4n) is 4.19. The van der Waals surface area contributed by atoms with Gasteiger partial charge in [0.2, 0.25) is 5.43 Å². The third-order valence-corrected chi connectivity index (χ3v) is 6.85. The molecule has 34 heavy (non-hydrogen) atoms. The molecule has 7 nitrogen and oxygen atoms in total. The molecule has 2 heterocycles. The first kappa shape index (κ1) is 23.6. The summed E-state index contributed by atoms with van der Waals surface area (Å²) in [4.78, 5) is 45.3. The molecule has 0 aliphatic heterocycles. The van der Waals surface area contributed by atoms with Gasteiger partial charge in [-0.3, -0.25) is 14.4 Å². The van der Waals surface area contributed by atoms with Gasteiger partial charge in [0.05, 0.1) is 12.2 Å². The summed E-state index contributed by atoms with van der Waals surface area (Å²) in [5.74, 6) is -0.923. The summed E-state index contributed by atoms with van der Waals surface area (Å²) < 4.78 is 1.87. The van der Waals surface area contributed by atoms with E-state index in [-0.39, 0.29) is 30.3 Å². The molecule has 0 spiro atoms. The summed E-state index contributed by atoms with van der Waals surface area (Å²) in [6.07, 6.45) is 8.84. The molecule has 0 radical (unpaired) electrons. The Kier molecular flexibility index (Phi) is 7.37. The number of pyridine rings is 1. The highest BCUT2D eigenvalue weighted by atomic mass is 32.1. The highest BCUT2D eigenvalue weighted by Crippen LogP contribution is 2.29. The van der Waals surface area contributed by atoms with Crippen molar-refractivity contribution in [3.05, 3.63) is 87.1 Å². The Bertz CT molecular complexity index is 1240. The number of benzene rings is 1. The number of amides is 2. The number of nitrogens with zero attached hydrogens (tertiary/aromatic N) is 3. The number of aromatic nitrogens is 2. The van der Waals surface area contributed by atoms with Crippen LogP contribution >= 0.6 is 11.3 Å². The molecule has 0 bridgehead atoms. The Labute approximate surface area is 202 Å². The van der Waals surface area contributed by atoms with E-state index in [0.29, 0.717) is 0 Å². The van der Waals surface area contributed by atoms with Gasteiger partial charge in [-0.1, -0.05) is 49.2 Å². The van der Waals surface area contributed by atoms with Gasteiger partial charge in [0.1, 0.15) is 16.1 Å². The number of hydrogen-bond acceptors (Lipinski definition) is 5. The van der Waals surface area contributed by atoms with Crippen molar-refractivity contribution in [3.8, 4) is 11.3 Å². The van der Waals surface area contributed by atoms with Crippen LogP contribution in [0.1, 0.15) is 57.4 Å². The van der Waals surface area contributed by atoms with Gasteiger partial charge >= 0.3 is 0 Å². The third kappa shape index (κ3) is 5.17. The molecule has 1 aliphatic carbocycles. The minimum atomic E-state index is -0.559. The SMILES string of the molecule is C=CCNC(=O)c1cn(C2CCCC2)cc(C(=O)N(C)Cc2nc(-c3ccccc3)cs2)c1=O. The lowest BCUT2D eigenvalue weighted by Gasteiger charge is -2.20. The molecule has 1 aromatic carbocycles. The third-order valence-electron chi connectivity index (χ3n) is 6.01. The summed E-state index contributed by atoms with van der Waals surface area (Å²) in [5.41, 5.74) is 1.29. The topological polar surface area (TPSA) is 84.3 Å². The summed E-state index contributed by atoms with van der Waals surface area (Å²) in [5, 5.41) is 5.39. The number of thiazole rings is 1. The van der Waals surface area contributed by atoms with Gasteiger partial charge in [0.25, 0.3) is 11.8 Å². The monoisotopic (exact) mass is 476 g/mol. The van der Waals surface area contributed by atoms with Crippen LogP contribution in [0.5, 0.6) is 0 Å². The van der Waals surface area contributed by atoms with E-state index in [4.69, 9.17) is 0 Å². The molecule has 1 aliphatic rings. The van der Waals surface area contributed by atoms with Crippen LogP contribution in [-0.4, -0.2) is 39.9 Å². The molecule has 1 N–H and O–H groups in total. The lowest BCUT2D eigenvalue weighted by atomic mass is 10.1. The van der Waals surface area contributed by atoms with Crippen LogP contribution in [0, 0.1) is 0 Å². The lowest BCUT2D eigenvalue weighted by Crippen LogP contribution is -2.36. The zero-order chi connectivity index (χ0) is 24.1. The van der Waals surface area contributed by atoms with Crippen molar-refractivity contribution in [3.63, 3.8) is 0 Å². The van der Waals surface area contributed by atoms with Crippen LogP contribution in [0.15, 0.2) is 65.6 Å². The van der Waals surface area contributed by atoms with Gasteiger partial charge in [-0.2, -0.15) is 0 Å². The predicted molar refractivity (Wildman–Crippen MR) is 134 cm³/mol. The maximum absolute atomic E-state index is 13.3. The number of carbonyl (C=O) groups is 2. The fourth-order valence-corrected chi connectivity index (χ4v) is 5.05. The molecule has 0 unspecified atom stereocenters. The molecule has 176 valence electrons. The number of hydrogen-bond donors (Lipinski definition) is 1. The van der Waals surface area contributed by atoms with E-state index in [9.17, 15) is 14.4 Å². The molecule has 3 aromatic rings. The average Bonchev–Trinajstić information content (AvgIpc) is 3.55. The van der Waals surface area contributed by atoms with Crippen LogP contribution in [-0.2, 0) is 6.54 Å². The number of nitrogens with one attached hydrogen (secondary N) is 1. The van der Waals surface area contributed by atoms with Crippen LogP contribution in [0.3, 0.4) is 0 Å². The minimum Gasteiger partial charge on any atom is -0.349 e. The first-order chi connectivity index (χ1) is 16.5. The van der Waals surface area contributed by atoms with Gasteiger partial charge in [-0.25, -0.2) is 4.98 Å². The van der Waals surface area contributed by atoms with E-state index in [1.807, 2.05) is 40.3 Å². The molecule has 2 aromatic heterocycles. The lowest BCUT2D eigenvalue weighted by molar-refractivity contribution is 0.0782. The van der Waals surface area contributed by atoms with Crippen molar-refractivity contribution in [1.29, 1.82) is 0 Å². The van der Waals surface area contributed by atoms with E-state index in [1.54, 1.807) is 25.5 Å². The Hall–Kier alpha value is -3.52. The highest BCUT2D eigenvalue weighted by molar-refractivity contribution is 7.09. The maximum atomic E-state index is 13.3.